The number of carbonyl (C=O) groups is 1. The minimum Gasteiger partial charge on any atom is -0.308 e. The number of nitriles is 1. The molecule has 1 N–H and O–H groups in total. The van der Waals surface area contributed by atoms with Gasteiger partial charge in [0.2, 0.25) is 0 Å². The molecular weight excluding hydrogens is 479 g/mol. The van der Waals surface area contributed by atoms with E-state index in [-0.39, 0.29) is 17.9 Å². The zero-order valence-corrected chi connectivity index (χ0v) is 20.1. The molecule has 0 aliphatic rings. The van der Waals surface area contributed by atoms with Crippen molar-refractivity contribution in [3.8, 4) is 17.2 Å². The lowest BCUT2D eigenvalue weighted by Gasteiger charge is -2.19. The van der Waals surface area contributed by atoms with Crippen LogP contribution in [0.4, 0.5) is 19.0 Å². The molecule has 0 saturated heterocycles. The van der Waals surface area contributed by atoms with Crippen molar-refractivity contribution in [3.05, 3.63) is 123 Å². The summed E-state index contributed by atoms with van der Waals surface area (Å²) in [7, 11) is 0. The van der Waals surface area contributed by atoms with Crippen molar-refractivity contribution in [2.45, 2.75) is 26.6 Å². The summed E-state index contributed by atoms with van der Waals surface area (Å²) in [5.41, 5.74) is 0.710. The maximum atomic E-state index is 13.8. The van der Waals surface area contributed by atoms with Crippen molar-refractivity contribution in [2.75, 3.05) is 5.32 Å². The van der Waals surface area contributed by atoms with Crippen molar-refractivity contribution < 1.29 is 18.0 Å². The van der Waals surface area contributed by atoms with Gasteiger partial charge in [-0.1, -0.05) is 66.2 Å². The second-order valence-corrected chi connectivity index (χ2v) is 8.65. The Morgan fingerprint density at radius 1 is 0.946 bits per heavy atom. The van der Waals surface area contributed by atoms with Crippen LogP contribution in [0, 0.1) is 25.2 Å². The highest BCUT2D eigenvalue weighted by atomic mass is 19.4. The first-order valence-electron chi connectivity index (χ1n) is 11.4. The average Bonchev–Trinajstić information content (AvgIpc) is 2.87. The van der Waals surface area contributed by atoms with E-state index < -0.39 is 28.8 Å². The Bertz CT molecular complexity index is 1580. The fourth-order valence-electron chi connectivity index (χ4n) is 4.09. The van der Waals surface area contributed by atoms with Gasteiger partial charge < -0.3 is 5.32 Å². The first-order valence-corrected chi connectivity index (χ1v) is 11.4. The molecule has 186 valence electrons. The van der Waals surface area contributed by atoms with Crippen molar-refractivity contribution in [3.63, 3.8) is 0 Å². The highest BCUT2D eigenvalue weighted by molar-refractivity contribution is 6.04. The second kappa shape index (κ2) is 10.2. The minimum atomic E-state index is -4.96. The van der Waals surface area contributed by atoms with Gasteiger partial charge in [0.1, 0.15) is 17.5 Å². The number of nitrogens with zero attached hydrogens (tertiary/aromatic N) is 2. The SMILES string of the molecule is Cc1ccc(Cn2c(NC(=O)c3cccc(-c4ccccc4)c3)cc(C(F)(F)F)c(C#N)c2=O)c(C)c1. The molecule has 8 heteroatoms. The maximum absolute atomic E-state index is 13.8. The van der Waals surface area contributed by atoms with Crippen molar-refractivity contribution in [1.82, 2.24) is 4.57 Å². The third-order valence-electron chi connectivity index (χ3n) is 6.02. The van der Waals surface area contributed by atoms with E-state index in [1.54, 1.807) is 18.2 Å². The molecule has 0 bridgehead atoms. The molecule has 0 aliphatic carbocycles. The molecule has 1 heterocycles. The molecule has 3 aromatic carbocycles. The van der Waals surface area contributed by atoms with E-state index >= 15 is 0 Å². The molecule has 4 rings (SSSR count). The Labute approximate surface area is 211 Å². The topological polar surface area (TPSA) is 74.9 Å². The summed E-state index contributed by atoms with van der Waals surface area (Å²) >= 11 is 0. The van der Waals surface area contributed by atoms with E-state index in [2.05, 4.69) is 5.32 Å². The van der Waals surface area contributed by atoms with Crippen LogP contribution in [0.1, 0.15) is 38.2 Å². The van der Waals surface area contributed by atoms with E-state index in [4.69, 9.17) is 0 Å². The lowest BCUT2D eigenvalue weighted by Crippen LogP contribution is -2.31. The molecule has 0 atom stereocenters. The lowest BCUT2D eigenvalue weighted by molar-refractivity contribution is -0.137. The van der Waals surface area contributed by atoms with Crippen molar-refractivity contribution >= 4 is 11.7 Å². The number of aryl methyl sites for hydroxylation is 2. The molecule has 0 spiro atoms. The van der Waals surface area contributed by atoms with Gasteiger partial charge in [-0.05, 0) is 54.3 Å². The number of nitrogens with one attached hydrogen (secondary N) is 1. The van der Waals surface area contributed by atoms with Crippen LogP contribution in [0.3, 0.4) is 0 Å². The number of anilines is 1. The van der Waals surface area contributed by atoms with Gasteiger partial charge in [-0.2, -0.15) is 18.4 Å². The monoisotopic (exact) mass is 501 g/mol. The number of pyridine rings is 1. The van der Waals surface area contributed by atoms with Gasteiger partial charge in [0, 0.05) is 5.56 Å². The predicted octanol–water partition coefficient (Wildman–Crippen LogP) is 6.32. The second-order valence-electron chi connectivity index (χ2n) is 8.65. The number of rotatable bonds is 5. The Hall–Kier alpha value is -4.64. The smallest absolute Gasteiger partial charge is 0.308 e. The number of hydrogen-bond donors (Lipinski definition) is 1. The highest BCUT2D eigenvalue weighted by Gasteiger charge is 2.36. The summed E-state index contributed by atoms with van der Waals surface area (Å²) in [5, 5.41) is 11.9. The summed E-state index contributed by atoms with van der Waals surface area (Å²) in [6.45, 7) is 3.58. The molecule has 0 aliphatic heterocycles. The lowest BCUT2D eigenvalue weighted by atomic mass is 10.0. The van der Waals surface area contributed by atoms with Crippen LogP contribution in [0.15, 0.2) is 83.7 Å². The summed E-state index contributed by atoms with van der Waals surface area (Å²) in [6, 6.07) is 23.4. The van der Waals surface area contributed by atoms with Gasteiger partial charge in [0.25, 0.3) is 11.5 Å². The number of carbonyl (C=O) groups excluding carboxylic acids is 1. The maximum Gasteiger partial charge on any atom is 0.418 e. The summed E-state index contributed by atoms with van der Waals surface area (Å²) in [5.74, 6) is -1.05. The van der Waals surface area contributed by atoms with Gasteiger partial charge in [-0.3, -0.25) is 14.2 Å². The molecule has 0 fully saturated rings. The molecule has 5 nitrogen and oxygen atoms in total. The van der Waals surface area contributed by atoms with Crippen LogP contribution in [-0.2, 0) is 12.7 Å². The van der Waals surface area contributed by atoms with Crippen LogP contribution in [0.5, 0.6) is 0 Å². The van der Waals surface area contributed by atoms with E-state index in [0.717, 1.165) is 26.8 Å². The molecule has 1 amide bonds. The van der Waals surface area contributed by atoms with Crippen molar-refractivity contribution in [1.29, 1.82) is 5.26 Å². The molecular formula is C29H22F3N3O2. The zero-order chi connectivity index (χ0) is 26.7. The first-order chi connectivity index (χ1) is 17.6. The van der Waals surface area contributed by atoms with E-state index in [0.29, 0.717) is 11.6 Å². The Morgan fingerprint density at radius 2 is 1.65 bits per heavy atom. The number of benzene rings is 3. The number of alkyl halides is 3. The molecule has 37 heavy (non-hydrogen) atoms. The quantitative estimate of drug-likeness (QED) is 0.348. The standard InChI is InChI=1S/C29H22F3N3O2/c1-18-11-12-23(19(2)13-18)17-35-26(15-25(29(30,31)32)24(16-33)28(35)37)34-27(36)22-10-6-9-21(14-22)20-7-4-3-5-8-20/h3-15H,17H2,1-2H3,(H,34,36). The summed E-state index contributed by atoms with van der Waals surface area (Å²) in [4.78, 5) is 26.3. The van der Waals surface area contributed by atoms with Crippen LogP contribution < -0.4 is 10.9 Å². The van der Waals surface area contributed by atoms with Crippen LogP contribution >= 0.6 is 0 Å². The highest BCUT2D eigenvalue weighted by Crippen LogP contribution is 2.33. The van der Waals surface area contributed by atoms with Gasteiger partial charge in [-0.15, -0.1) is 0 Å². The third-order valence-corrected chi connectivity index (χ3v) is 6.02. The van der Waals surface area contributed by atoms with Crippen LogP contribution in [0.25, 0.3) is 11.1 Å². The van der Waals surface area contributed by atoms with E-state index in [1.165, 1.54) is 12.1 Å². The number of aromatic nitrogens is 1. The molecule has 4 aromatic rings. The first kappa shape index (κ1) is 25.5. The summed E-state index contributed by atoms with van der Waals surface area (Å²) < 4.78 is 42.2. The zero-order valence-electron chi connectivity index (χ0n) is 20.1. The Morgan fingerprint density at radius 3 is 2.30 bits per heavy atom. The predicted molar refractivity (Wildman–Crippen MR) is 135 cm³/mol. The molecule has 0 unspecified atom stereocenters. The Balaban J connectivity index is 1.80. The molecule has 1 aromatic heterocycles. The normalized spacial score (nSPS) is 11.1. The minimum absolute atomic E-state index is 0.128. The number of halogens is 3. The van der Waals surface area contributed by atoms with E-state index in [1.807, 2.05) is 62.4 Å². The Kier molecular flexibility index (Phi) is 6.98. The van der Waals surface area contributed by atoms with Crippen LogP contribution in [-0.4, -0.2) is 10.5 Å². The van der Waals surface area contributed by atoms with Crippen LogP contribution in [0.2, 0.25) is 0 Å². The van der Waals surface area contributed by atoms with Gasteiger partial charge in [-0.25, -0.2) is 0 Å². The largest absolute Gasteiger partial charge is 0.418 e. The van der Waals surface area contributed by atoms with E-state index in [9.17, 15) is 28.0 Å². The molecule has 0 radical (unpaired) electrons. The van der Waals surface area contributed by atoms with Gasteiger partial charge >= 0.3 is 6.18 Å². The van der Waals surface area contributed by atoms with Gasteiger partial charge in [0.05, 0.1) is 12.1 Å². The third kappa shape index (κ3) is 5.46. The average molecular weight is 502 g/mol. The fourth-order valence-corrected chi connectivity index (χ4v) is 4.09. The fraction of sp³-hybridized carbons (Fsp3) is 0.138. The number of hydrogen-bond acceptors (Lipinski definition) is 3. The molecule has 0 saturated carbocycles. The van der Waals surface area contributed by atoms with Crippen molar-refractivity contribution in [2.24, 2.45) is 0 Å². The number of amides is 1. The summed E-state index contributed by atoms with van der Waals surface area (Å²) in [6.07, 6.45) is -4.96. The van der Waals surface area contributed by atoms with Gasteiger partial charge in [0.15, 0.2) is 0 Å².